The lowest BCUT2D eigenvalue weighted by Crippen LogP contribution is -2.27. The van der Waals surface area contributed by atoms with E-state index in [0.717, 1.165) is 23.6 Å². The fourth-order valence-electron chi connectivity index (χ4n) is 2.73. The lowest BCUT2D eigenvalue weighted by atomic mass is 10.2. The molecule has 0 aliphatic carbocycles. The standard InChI is InChI=1S/C15H18N6O/c1-9-10(2)19-14(18-9)13-6-12(22-3)8-21(13)15-17-5-4-11(7-16)20-15/h4-5,12-13H,6,8H2,1-3H3,(H,18,19)/t12-,13+/m1/s1. The van der Waals surface area contributed by atoms with Crippen molar-refractivity contribution in [2.24, 2.45) is 0 Å². The van der Waals surface area contributed by atoms with Crippen molar-refractivity contribution in [2.75, 3.05) is 18.6 Å². The van der Waals surface area contributed by atoms with Crippen LogP contribution in [0.1, 0.15) is 35.4 Å². The van der Waals surface area contributed by atoms with Crippen LogP contribution in [0.25, 0.3) is 0 Å². The maximum absolute atomic E-state index is 9.02. The van der Waals surface area contributed by atoms with Gasteiger partial charge in [-0.2, -0.15) is 5.26 Å². The van der Waals surface area contributed by atoms with Crippen molar-refractivity contribution < 1.29 is 4.74 Å². The average Bonchev–Trinajstić information content (AvgIpc) is 3.11. The van der Waals surface area contributed by atoms with E-state index in [1.165, 1.54) is 0 Å². The van der Waals surface area contributed by atoms with Gasteiger partial charge in [0.1, 0.15) is 17.6 Å². The monoisotopic (exact) mass is 298 g/mol. The van der Waals surface area contributed by atoms with Crippen molar-refractivity contribution in [2.45, 2.75) is 32.4 Å². The van der Waals surface area contributed by atoms with Crippen LogP contribution >= 0.6 is 0 Å². The number of ether oxygens (including phenoxy) is 1. The van der Waals surface area contributed by atoms with E-state index in [-0.39, 0.29) is 12.1 Å². The zero-order valence-electron chi connectivity index (χ0n) is 12.9. The summed E-state index contributed by atoms with van der Waals surface area (Å²) >= 11 is 0. The molecule has 1 N–H and O–H groups in total. The lowest BCUT2D eigenvalue weighted by molar-refractivity contribution is 0.118. The molecule has 0 aromatic carbocycles. The summed E-state index contributed by atoms with van der Waals surface area (Å²) in [5.41, 5.74) is 2.40. The topological polar surface area (TPSA) is 90.7 Å². The van der Waals surface area contributed by atoms with Crippen LogP contribution in [-0.4, -0.2) is 39.7 Å². The smallest absolute Gasteiger partial charge is 0.227 e. The molecule has 1 saturated heterocycles. The van der Waals surface area contributed by atoms with Crippen molar-refractivity contribution in [3.8, 4) is 6.07 Å². The van der Waals surface area contributed by atoms with Crippen LogP contribution in [0.5, 0.6) is 0 Å². The molecule has 0 radical (unpaired) electrons. The second-order valence-corrected chi connectivity index (χ2v) is 5.45. The van der Waals surface area contributed by atoms with Crippen LogP contribution in [0.15, 0.2) is 12.3 Å². The molecule has 22 heavy (non-hydrogen) atoms. The summed E-state index contributed by atoms with van der Waals surface area (Å²) < 4.78 is 5.50. The van der Waals surface area contributed by atoms with E-state index in [1.807, 2.05) is 18.7 Å². The minimum atomic E-state index is 0.0197. The molecular formula is C15H18N6O. The Kier molecular flexibility index (Phi) is 3.77. The Bertz CT molecular complexity index is 700. The maximum atomic E-state index is 9.02. The molecule has 114 valence electrons. The lowest BCUT2D eigenvalue weighted by Gasteiger charge is -2.22. The van der Waals surface area contributed by atoms with Crippen LogP contribution in [-0.2, 0) is 4.74 Å². The van der Waals surface area contributed by atoms with Crippen molar-refractivity contribution >= 4 is 5.95 Å². The molecule has 1 fully saturated rings. The quantitative estimate of drug-likeness (QED) is 0.926. The first-order valence-electron chi connectivity index (χ1n) is 7.18. The van der Waals surface area contributed by atoms with Gasteiger partial charge in [0, 0.05) is 32.0 Å². The van der Waals surface area contributed by atoms with E-state index in [9.17, 15) is 0 Å². The summed E-state index contributed by atoms with van der Waals surface area (Å²) in [6.07, 6.45) is 2.50. The predicted molar refractivity (Wildman–Crippen MR) is 80.3 cm³/mol. The van der Waals surface area contributed by atoms with Gasteiger partial charge >= 0.3 is 0 Å². The van der Waals surface area contributed by atoms with Gasteiger partial charge in [0.15, 0.2) is 0 Å². The number of methoxy groups -OCH3 is 1. The largest absolute Gasteiger partial charge is 0.380 e. The van der Waals surface area contributed by atoms with Crippen molar-refractivity contribution in [1.82, 2.24) is 19.9 Å². The molecule has 2 aromatic heterocycles. The Hall–Kier alpha value is -2.46. The van der Waals surface area contributed by atoms with Gasteiger partial charge < -0.3 is 14.6 Å². The highest BCUT2D eigenvalue weighted by Crippen LogP contribution is 2.34. The van der Waals surface area contributed by atoms with E-state index in [1.54, 1.807) is 19.4 Å². The van der Waals surface area contributed by atoms with Crippen molar-refractivity contribution in [3.63, 3.8) is 0 Å². The number of hydrogen-bond donors (Lipinski definition) is 1. The number of imidazole rings is 1. The first-order valence-corrected chi connectivity index (χ1v) is 7.18. The van der Waals surface area contributed by atoms with Crippen LogP contribution in [0.2, 0.25) is 0 Å². The number of H-pyrrole nitrogens is 1. The van der Waals surface area contributed by atoms with Gasteiger partial charge in [-0.25, -0.2) is 15.0 Å². The predicted octanol–water partition coefficient (Wildman–Crippen LogP) is 1.65. The average molecular weight is 298 g/mol. The summed E-state index contributed by atoms with van der Waals surface area (Å²) in [6, 6.07) is 3.67. The van der Waals surface area contributed by atoms with Crippen LogP contribution < -0.4 is 4.90 Å². The Morgan fingerprint density at radius 1 is 1.41 bits per heavy atom. The fourth-order valence-corrected chi connectivity index (χ4v) is 2.73. The highest BCUT2D eigenvalue weighted by molar-refractivity contribution is 5.39. The minimum Gasteiger partial charge on any atom is -0.380 e. The number of nitrogens with zero attached hydrogens (tertiary/aromatic N) is 5. The molecule has 1 aliphatic rings. The SMILES string of the molecule is CO[C@@H]1C[C@@H](c2nc(C)c(C)[nH]2)N(c2nccc(C#N)n2)C1. The van der Waals surface area contributed by atoms with Crippen LogP contribution in [0.4, 0.5) is 5.95 Å². The number of aromatic amines is 1. The minimum absolute atomic E-state index is 0.0197. The first-order chi connectivity index (χ1) is 10.6. The molecule has 0 amide bonds. The number of anilines is 1. The first kappa shape index (κ1) is 14.5. The molecule has 0 bridgehead atoms. The summed E-state index contributed by atoms with van der Waals surface area (Å²) in [4.78, 5) is 18.6. The molecule has 7 nitrogen and oxygen atoms in total. The summed E-state index contributed by atoms with van der Waals surface area (Å²) in [5.74, 6) is 1.43. The number of aryl methyl sites for hydroxylation is 2. The summed E-state index contributed by atoms with van der Waals surface area (Å²) in [6.45, 7) is 4.66. The Labute approximate surface area is 129 Å². The van der Waals surface area contributed by atoms with Gasteiger partial charge in [-0.3, -0.25) is 0 Å². The zero-order chi connectivity index (χ0) is 15.7. The second-order valence-electron chi connectivity index (χ2n) is 5.45. The molecule has 0 saturated carbocycles. The molecule has 7 heteroatoms. The number of rotatable bonds is 3. The number of hydrogen-bond acceptors (Lipinski definition) is 6. The van der Waals surface area contributed by atoms with E-state index >= 15 is 0 Å². The van der Waals surface area contributed by atoms with Gasteiger partial charge in [0.25, 0.3) is 0 Å². The van der Waals surface area contributed by atoms with Crippen molar-refractivity contribution in [1.29, 1.82) is 5.26 Å². The van der Waals surface area contributed by atoms with Crippen molar-refractivity contribution in [3.05, 3.63) is 35.2 Å². The van der Waals surface area contributed by atoms with Crippen LogP contribution in [0.3, 0.4) is 0 Å². The van der Waals surface area contributed by atoms with Gasteiger partial charge in [-0.15, -0.1) is 0 Å². The van der Waals surface area contributed by atoms with E-state index in [4.69, 9.17) is 10.00 Å². The Morgan fingerprint density at radius 2 is 2.23 bits per heavy atom. The third kappa shape index (κ3) is 2.53. The second kappa shape index (κ2) is 5.73. The number of nitrogens with one attached hydrogen (secondary N) is 1. The summed E-state index contributed by atoms with van der Waals surface area (Å²) in [7, 11) is 1.70. The molecule has 2 aromatic rings. The third-order valence-electron chi connectivity index (χ3n) is 4.07. The van der Waals surface area contributed by atoms with Gasteiger partial charge in [0.05, 0.1) is 17.8 Å². The number of aromatic nitrogens is 4. The molecule has 0 unspecified atom stereocenters. The molecular weight excluding hydrogens is 280 g/mol. The molecule has 3 heterocycles. The molecule has 1 aliphatic heterocycles. The van der Waals surface area contributed by atoms with Gasteiger partial charge in [-0.1, -0.05) is 0 Å². The molecule has 3 rings (SSSR count). The zero-order valence-corrected chi connectivity index (χ0v) is 12.9. The highest BCUT2D eigenvalue weighted by atomic mass is 16.5. The maximum Gasteiger partial charge on any atom is 0.227 e. The molecule has 0 spiro atoms. The highest BCUT2D eigenvalue weighted by Gasteiger charge is 2.36. The van der Waals surface area contributed by atoms with E-state index in [0.29, 0.717) is 18.2 Å². The normalized spacial score (nSPS) is 21.1. The number of nitriles is 1. The molecule has 2 atom stereocenters. The summed E-state index contributed by atoms with van der Waals surface area (Å²) in [5, 5.41) is 9.02. The van der Waals surface area contributed by atoms with E-state index in [2.05, 4.69) is 26.0 Å². The fraction of sp³-hybridized carbons (Fsp3) is 0.467. The third-order valence-corrected chi connectivity index (χ3v) is 4.07. The van der Waals surface area contributed by atoms with Crippen LogP contribution in [0, 0.1) is 25.2 Å². The Morgan fingerprint density at radius 3 is 2.86 bits per heavy atom. The van der Waals surface area contributed by atoms with Gasteiger partial charge in [-0.05, 0) is 19.9 Å². The van der Waals surface area contributed by atoms with E-state index < -0.39 is 0 Å². The van der Waals surface area contributed by atoms with Gasteiger partial charge in [0.2, 0.25) is 5.95 Å². The Balaban J connectivity index is 1.97.